The molecule has 0 spiro atoms. The predicted octanol–water partition coefficient (Wildman–Crippen LogP) is 3.61. The highest BCUT2D eigenvalue weighted by molar-refractivity contribution is 5.88. The van der Waals surface area contributed by atoms with Gasteiger partial charge in [0.1, 0.15) is 5.82 Å². The van der Waals surface area contributed by atoms with E-state index in [1.165, 1.54) is 18.6 Å². The summed E-state index contributed by atoms with van der Waals surface area (Å²) in [5, 5.41) is 9.42. The number of rotatable bonds is 8. The first-order chi connectivity index (χ1) is 14.0. The Morgan fingerprint density at radius 1 is 1.14 bits per heavy atom. The first kappa shape index (κ1) is 20.8. The number of nitrogens with one attached hydrogen (secondary N) is 3. The summed E-state index contributed by atoms with van der Waals surface area (Å²) >= 11 is 0. The van der Waals surface area contributed by atoms with Gasteiger partial charge in [0.15, 0.2) is 5.96 Å². The fourth-order valence-corrected chi connectivity index (χ4v) is 3.36. The molecule has 3 N–H and O–H groups in total. The average molecular weight is 397 g/mol. The second-order valence-electron chi connectivity index (χ2n) is 7.54. The molecule has 0 bridgehead atoms. The highest BCUT2D eigenvalue weighted by Gasteiger charge is 2.44. The van der Waals surface area contributed by atoms with E-state index in [4.69, 9.17) is 4.99 Å². The summed E-state index contributed by atoms with van der Waals surface area (Å²) in [4.78, 5) is 15.8. The number of carbonyl (C=O) groups excluding carboxylic acids is 1. The monoisotopic (exact) mass is 396 g/mol. The van der Waals surface area contributed by atoms with Gasteiger partial charge in [-0.3, -0.25) is 9.79 Å². The maximum absolute atomic E-state index is 13.6. The van der Waals surface area contributed by atoms with Gasteiger partial charge in [0, 0.05) is 31.1 Å². The number of benzene rings is 2. The fraction of sp³-hybridized carbons (Fsp3) is 0.391. The zero-order chi connectivity index (χ0) is 20.7. The van der Waals surface area contributed by atoms with E-state index in [-0.39, 0.29) is 17.1 Å². The minimum Gasteiger partial charge on any atom is -0.357 e. The molecule has 1 aliphatic rings. The third-order valence-corrected chi connectivity index (χ3v) is 5.16. The van der Waals surface area contributed by atoms with Gasteiger partial charge in [-0.05, 0) is 61.6 Å². The van der Waals surface area contributed by atoms with Crippen LogP contribution in [-0.2, 0) is 16.6 Å². The Kier molecular flexibility index (Phi) is 6.86. The number of guanidine groups is 1. The highest BCUT2D eigenvalue weighted by Crippen LogP contribution is 2.48. The van der Waals surface area contributed by atoms with E-state index in [0.29, 0.717) is 6.54 Å². The molecule has 1 aliphatic carbocycles. The molecule has 0 radical (unpaired) electrons. The average Bonchev–Trinajstić information content (AvgIpc) is 3.48. The number of hydrogen-bond donors (Lipinski definition) is 3. The van der Waals surface area contributed by atoms with Crippen LogP contribution in [-0.4, -0.2) is 31.5 Å². The van der Waals surface area contributed by atoms with E-state index >= 15 is 0 Å². The Morgan fingerprint density at radius 3 is 2.52 bits per heavy atom. The third-order valence-electron chi connectivity index (χ3n) is 5.16. The first-order valence-corrected chi connectivity index (χ1v) is 10.2. The number of carbonyl (C=O) groups is 1. The summed E-state index contributed by atoms with van der Waals surface area (Å²) in [6.07, 6.45) is 2.93. The van der Waals surface area contributed by atoms with Gasteiger partial charge in [0.05, 0.1) is 6.54 Å². The lowest BCUT2D eigenvalue weighted by atomic mass is 9.96. The van der Waals surface area contributed by atoms with Crippen molar-refractivity contribution in [3.8, 4) is 0 Å². The van der Waals surface area contributed by atoms with Crippen molar-refractivity contribution in [2.75, 3.05) is 25.0 Å². The molecule has 6 heteroatoms. The summed E-state index contributed by atoms with van der Waals surface area (Å²) in [6.45, 7) is 5.72. The van der Waals surface area contributed by atoms with Crippen molar-refractivity contribution in [3.05, 3.63) is 65.5 Å². The summed E-state index contributed by atoms with van der Waals surface area (Å²) in [5.41, 5.74) is 3.00. The predicted molar refractivity (Wildman–Crippen MR) is 116 cm³/mol. The van der Waals surface area contributed by atoms with Gasteiger partial charge >= 0.3 is 0 Å². The lowest BCUT2D eigenvalue weighted by Gasteiger charge is -2.16. The van der Waals surface area contributed by atoms with Crippen molar-refractivity contribution in [1.82, 2.24) is 10.6 Å². The van der Waals surface area contributed by atoms with Gasteiger partial charge in [-0.2, -0.15) is 0 Å². The Hall–Kier alpha value is -2.89. The molecule has 3 rings (SSSR count). The minimum absolute atomic E-state index is 0.0238. The molecule has 2 aromatic rings. The van der Waals surface area contributed by atoms with Crippen LogP contribution in [0, 0.1) is 5.82 Å². The van der Waals surface area contributed by atoms with E-state index < -0.39 is 0 Å². The summed E-state index contributed by atoms with van der Waals surface area (Å²) < 4.78 is 13.6. The summed E-state index contributed by atoms with van der Waals surface area (Å²) in [5.74, 6) is 0.523. The molecule has 1 saturated carbocycles. The number of nitrogens with zero attached hydrogens (tertiary/aromatic N) is 1. The topological polar surface area (TPSA) is 65.5 Å². The standard InChI is InChI=1S/C23H29FN4O/c1-3-25-22(26-14-11-18-7-9-21(10-8-18)28-17(2)29)27-16-23(12-13-23)19-5-4-6-20(24)15-19/h4-10,15H,3,11-14,16H2,1-2H3,(H,28,29)(H2,25,26,27). The molecule has 0 saturated heterocycles. The second kappa shape index (κ2) is 9.54. The summed E-state index contributed by atoms with van der Waals surface area (Å²) in [6, 6.07) is 14.7. The highest BCUT2D eigenvalue weighted by atomic mass is 19.1. The molecule has 2 aromatic carbocycles. The summed E-state index contributed by atoms with van der Waals surface area (Å²) in [7, 11) is 0. The molecular weight excluding hydrogens is 367 g/mol. The molecule has 0 aromatic heterocycles. The van der Waals surface area contributed by atoms with Crippen LogP contribution < -0.4 is 16.0 Å². The largest absolute Gasteiger partial charge is 0.357 e. The zero-order valence-electron chi connectivity index (χ0n) is 17.1. The molecule has 1 amide bonds. The number of anilines is 1. The fourth-order valence-electron chi connectivity index (χ4n) is 3.36. The van der Waals surface area contributed by atoms with Crippen LogP contribution >= 0.6 is 0 Å². The number of halogens is 1. The smallest absolute Gasteiger partial charge is 0.221 e. The molecule has 0 unspecified atom stereocenters. The van der Waals surface area contributed by atoms with Crippen molar-refractivity contribution in [1.29, 1.82) is 0 Å². The van der Waals surface area contributed by atoms with E-state index in [2.05, 4.69) is 16.0 Å². The van der Waals surface area contributed by atoms with Crippen LogP contribution in [0.1, 0.15) is 37.8 Å². The Labute approximate surface area is 171 Å². The van der Waals surface area contributed by atoms with Gasteiger partial charge in [-0.15, -0.1) is 0 Å². The number of aliphatic imine (C=N–C) groups is 1. The Morgan fingerprint density at radius 2 is 1.90 bits per heavy atom. The van der Waals surface area contributed by atoms with Crippen LogP contribution in [0.4, 0.5) is 10.1 Å². The second-order valence-corrected chi connectivity index (χ2v) is 7.54. The normalized spacial score (nSPS) is 14.9. The molecule has 1 fully saturated rings. The van der Waals surface area contributed by atoms with E-state index in [0.717, 1.165) is 49.6 Å². The quantitative estimate of drug-likeness (QED) is 0.472. The van der Waals surface area contributed by atoms with Crippen molar-refractivity contribution in [2.24, 2.45) is 4.99 Å². The van der Waals surface area contributed by atoms with Crippen LogP contribution in [0.15, 0.2) is 53.5 Å². The van der Waals surface area contributed by atoms with Gasteiger partial charge in [0.2, 0.25) is 5.91 Å². The van der Waals surface area contributed by atoms with Crippen molar-refractivity contribution in [2.45, 2.75) is 38.5 Å². The Balaban J connectivity index is 1.54. The van der Waals surface area contributed by atoms with E-state index in [1.807, 2.05) is 37.3 Å². The van der Waals surface area contributed by atoms with Crippen LogP contribution in [0.3, 0.4) is 0 Å². The van der Waals surface area contributed by atoms with Gasteiger partial charge in [-0.1, -0.05) is 24.3 Å². The van der Waals surface area contributed by atoms with E-state index in [1.54, 1.807) is 12.1 Å². The Bertz CT molecular complexity index is 859. The maximum atomic E-state index is 13.6. The van der Waals surface area contributed by atoms with Gasteiger partial charge in [0.25, 0.3) is 0 Å². The third kappa shape index (κ3) is 6.04. The van der Waals surface area contributed by atoms with Crippen molar-refractivity contribution < 1.29 is 9.18 Å². The maximum Gasteiger partial charge on any atom is 0.221 e. The molecule has 154 valence electrons. The zero-order valence-corrected chi connectivity index (χ0v) is 17.1. The molecular formula is C23H29FN4O. The number of hydrogen-bond acceptors (Lipinski definition) is 2. The van der Waals surface area contributed by atoms with E-state index in [9.17, 15) is 9.18 Å². The van der Waals surface area contributed by atoms with Crippen LogP contribution in [0.2, 0.25) is 0 Å². The van der Waals surface area contributed by atoms with Gasteiger partial charge in [-0.25, -0.2) is 4.39 Å². The van der Waals surface area contributed by atoms with Crippen molar-refractivity contribution in [3.63, 3.8) is 0 Å². The lowest BCUT2D eigenvalue weighted by Crippen LogP contribution is -2.39. The van der Waals surface area contributed by atoms with Crippen LogP contribution in [0.25, 0.3) is 0 Å². The molecule has 0 heterocycles. The van der Waals surface area contributed by atoms with Crippen molar-refractivity contribution >= 4 is 17.6 Å². The number of amides is 1. The SMILES string of the molecule is CCNC(=NCC1(c2cccc(F)c2)CC1)NCCc1ccc(NC(C)=O)cc1. The van der Waals surface area contributed by atoms with Crippen LogP contribution in [0.5, 0.6) is 0 Å². The lowest BCUT2D eigenvalue weighted by molar-refractivity contribution is -0.114. The first-order valence-electron chi connectivity index (χ1n) is 10.2. The molecule has 29 heavy (non-hydrogen) atoms. The van der Waals surface area contributed by atoms with Gasteiger partial charge < -0.3 is 16.0 Å². The minimum atomic E-state index is -0.188. The molecule has 0 aliphatic heterocycles. The molecule has 0 atom stereocenters. The molecule has 5 nitrogen and oxygen atoms in total.